The second kappa shape index (κ2) is 6.15. The largest absolute Gasteiger partial charge is 2.00 e. The quantitative estimate of drug-likeness (QED) is 0.223. The molecule has 0 saturated carbocycles. The van der Waals surface area contributed by atoms with E-state index in [1.165, 1.54) is 24.3 Å². The van der Waals surface area contributed by atoms with Gasteiger partial charge in [0.1, 0.15) is 0 Å². The van der Waals surface area contributed by atoms with Crippen LogP contribution in [-0.2, 0) is 0 Å². The van der Waals surface area contributed by atoms with Crippen molar-refractivity contribution in [3.05, 3.63) is 35.5 Å². The Labute approximate surface area is 144 Å². The van der Waals surface area contributed by atoms with Gasteiger partial charge in [0.25, 0.3) is 0 Å². The van der Waals surface area contributed by atoms with Crippen molar-refractivity contribution in [2.24, 2.45) is 5.11 Å². The molecule has 2 aromatic heterocycles. The number of amidine groups is 1. The van der Waals surface area contributed by atoms with E-state index in [4.69, 9.17) is 11.4 Å². The summed E-state index contributed by atoms with van der Waals surface area (Å²) in [5, 5.41) is 34.3. The third kappa shape index (κ3) is 2.95. The Morgan fingerprint density at radius 1 is 1.37 bits per heavy atom. The van der Waals surface area contributed by atoms with E-state index in [2.05, 4.69) is 10.1 Å². The van der Waals surface area contributed by atoms with Crippen LogP contribution in [0, 0.1) is 5.53 Å². The maximum absolute atomic E-state index is 11.9. The molecule has 0 aliphatic rings. The molecular weight excluding hydrogens is 324 g/mol. The van der Waals surface area contributed by atoms with E-state index in [0.717, 1.165) is 0 Å². The maximum Gasteiger partial charge on any atom is 2.00 e. The molecule has 8 nitrogen and oxygen atoms in total. The SMILES string of the molecule is [N-]=C(N=N)c1nc(O)c2ccc(cc2)c([O-])n1N.[Sr+2]. The zero-order valence-corrected chi connectivity index (χ0v) is 13.2. The first-order valence-corrected chi connectivity index (χ1v) is 4.82. The van der Waals surface area contributed by atoms with Crippen molar-refractivity contribution < 1.29 is 10.2 Å². The number of nitrogens with two attached hydrogens (primary N) is 1. The van der Waals surface area contributed by atoms with E-state index >= 15 is 0 Å². The van der Waals surface area contributed by atoms with Gasteiger partial charge in [0, 0.05) is 5.39 Å². The summed E-state index contributed by atoms with van der Waals surface area (Å²) < 4.78 is 0.516. The molecule has 0 fully saturated rings. The predicted molar refractivity (Wildman–Crippen MR) is 68.2 cm³/mol. The van der Waals surface area contributed by atoms with Crippen molar-refractivity contribution in [1.82, 2.24) is 9.66 Å². The molecule has 0 aliphatic heterocycles. The van der Waals surface area contributed by atoms with E-state index in [0.29, 0.717) is 10.1 Å². The number of nitrogens with zero attached hydrogens (tertiary/aromatic N) is 4. The smallest absolute Gasteiger partial charge is 0.858 e. The topological polar surface area (TPSA) is 146 Å². The van der Waals surface area contributed by atoms with Crippen molar-refractivity contribution >= 4 is 62.1 Å². The summed E-state index contributed by atoms with van der Waals surface area (Å²) in [4.78, 5) is 3.59. The molecule has 0 saturated heterocycles. The van der Waals surface area contributed by atoms with Crippen molar-refractivity contribution in [3.63, 3.8) is 0 Å². The second-order valence-electron chi connectivity index (χ2n) is 3.45. The molecule has 1 aromatic carbocycles. The first kappa shape index (κ1) is 15.6. The van der Waals surface area contributed by atoms with E-state index in [1.54, 1.807) is 0 Å². The number of benzene rings is 1. The maximum atomic E-state index is 11.9. The summed E-state index contributed by atoms with van der Waals surface area (Å²) in [6.07, 6.45) is 0. The number of hydrogen-bond donors (Lipinski definition) is 3. The number of rotatable bonds is 1. The molecule has 3 rings (SSSR count). The Bertz CT molecular complexity index is 661. The molecule has 0 atom stereocenters. The summed E-state index contributed by atoms with van der Waals surface area (Å²) in [6.45, 7) is 0. The van der Waals surface area contributed by atoms with Crippen molar-refractivity contribution in [1.29, 1.82) is 5.53 Å². The van der Waals surface area contributed by atoms with Gasteiger partial charge in [-0.1, -0.05) is 12.1 Å². The second-order valence-corrected chi connectivity index (χ2v) is 3.45. The van der Waals surface area contributed by atoms with E-state index in [-0.39, 0.29) is 50.9 Å². The first-order chi connectivity index (χ1) is 8.54. The average Bonchev–Trinajstić information content (AvgIpc) is 2.47. The van der Waals surface area contributed by atoms with Gasteiger partial charge in [0.2, 0.25) is 5.88 Å². The van der Waals surface area contributed by atoms with Crippen LogP contribution in [0.1, 0.15) is 5.82 Å². The molecule has 0 spiro atoms. The molecule has 0 amide bonds. The molecule has 0 aliphatic carbocycles. The van der Waals surface area contributed by atoms with Crippen LogP contribution in [0.2, 0.25) is 0 Å². The Hall–Kier alpha value is -1.42. The molecule has 3 aromatic rings. The van der Waals surface area contributed by atoms with Crippen LogP contribution in [0.4, 0.5) is 0 Å². The van der Waals surface area contributed by atoms with Gasteiger partial charge in [-0.15, -0.1) is 0 Å². The number of nitrogen functional groups attached to an aromatic ring is 1. The van der Waals surface area contributed by atoms with Crippen LogP contribution in [0.25, 0.3) is 16.2 Å². The molecule has 9 heteroatoms. The van der Waals surface area contributed by atoms with Crippen LogP contribution < -0.4 is 10.9 Å². The average molecular weight is 332 g/mol. The molecule has 2 heterocycles. The van der Waals surface area contributed by atoms with Gasteiger partial charge in [-0.25, -0.2) is 0 Å². The van der Waals surface area contributed by atoms with Crippen LogP contribution in [-0.4, -0.2) is 66.1 Å². The van der Waals surface area contributed by atoms with E-state index in [1.807, 2.05) is 0 Å². The van der Waals surface area contributed by atoms with Gasteiger partial charge in [-0.05, 0) is 29.2 Å². The summed E-state index contributed by atoms with van der Waals surface area (Å²) in [6, 6.07) is 5.89. The van der Waals surface area contributed by atoms with E-state index < -0.39 is 23.4 Å². The van der Waals surface area contributed by atoms with Gasteiger partial charge in [-0.3, -0.25) is 4.68 Å². The number of aromatic nitrogens is 2. The zero-order chi connectivity index (χ0) is 13.3. The molecule has 19 heavy (non-hydrogen) atoms. The fourth-order valence-electron chi connectivity index (χ4n) is 1.42. The molecule has 0 radical (unpaired) electrons. The monoisotopic (exact) mass is 332 g/mol. The van der Waals surface area contributed by atoms with Crippen LogP contribution in [0.3, 0.4) is 0 Å². The molecular formula is C10H8N6O2Sr. The fraction of sp³-hybridized carbons (Fsp3) is 0. The van der Waals surface area contributed by atoms with Gasteiger partial charge in [0.15, 0.2) is 5.82 Å². The van der Waals surface area contributed by atoms with Crippen LogP contribution >= 0.6 is 0 Å². The Morgan fingerprint density at radius 3 is 2.42 bits per heavy atom. The Balaban J connectivity index is 0.00000180. The third-order valence-electron chi connectivity index (χ3n) is 2.35. The summed E-state index contributed by atoms with van der Waals surface area (Å²) >= 11 is 0. The first-order valence-electron chi connectivity index (χ1n) is 4.82. The number of nitrogens with one attached hydrogen (secondary N) is 1. The minimum absolute atomic E-state index is 0. The minimum atomic E-state index is -0.875. The van der Waals surface area contributed by atoms with Crippen LogP contribution in [0.5, 0.6) is 11.8 Å². The summed E-state index contributed by atoms with van der Waals surface area (Å²) in [5.74, 6) is 3.02. The van der Waals surface area contributed by atoms with E-state index in [9.17, 15) is 15.6 Å². The standard InChI is InChI=1S/C10H9N6O2.Sr/c11-7(15-12)8-14-9(17)5-1-3-6(4-2-5)10(18)16(8)13;/h1-4,12,17-18H,13H2;/q-1;+2/p-1. The number of hydrogen-bond acceptors (Lipinski definition) is 5. The van der Waals surface area contributed by atoms with Gasteiger partial charge in [0.05, 0.1) is 0 Å². The number of fused-ring (bicyclic) bond motifs is 6. The number of aromatic hydroxyl groups is 1. The molecule has 92 valence electrons. The van der Waals surface area contributed by atoms with Gasteiger partial charge < -0.3 is 32.1 Å². The van der Waals surface area contributed by atoms with Crippen molar-refractivity contribution in [3.8, 4) is 11.8 Å². The normalized spacial score (nSPS) is 9.68. The fourth-order valence-corrected chi connectivity index (χ4v) is 1.42. The summed E-state index contributed by atoms with van der Waals surface area (Å²) in [5.41, 5.74) is 6.69. The van der Waals surface area contributed by atoms with Gasteiger partial charge in [-0.2, -0.15) is 4.98 Å². The molecule has 0 unspecified atom stereocenters. The zero-order valence-electron chi connectivity index (χ0n) is 9.74. The Morgan fingerprint density at radius 2 is 1.89 bits per heavy atom. The van der Waals surface area contributed by atoms with Gasteiger partial charge >= 0.3 is 45.5 Å². The minimum Gasteiger partial charge on any atom is -0.858 e. The summed E-state index contributed by atoms with van der Waals surface area (Å²) in [7, 11) is 0. The van der Waals surface area contributed by atoms with Crippen molar-refractivity contribution in [2.75, 3.05) is 5.84 Å². The third-order valence-corrected chi connectivity index (χ3v) is 2.35. The molecule has 4 N–H and O–H groups in total. The van der Waals surface area contributed by atoms with Crippen molar-refractivity contribution in [2.45, 2.75) is 0 Å². The Kier molecular flexibility index (Phi) is 5.06. The predicted octanol–water partition coefficient (Wildman–Crippen LogP) is 0.0577. The molecule has 2 bridgehead atoms. The van der Waals surface area contributed by atoms with Crippen LogP contribution in [0.15, 0.2) is 29.4 Å².